The van der Waals surface area contributed by atoms with Gasteiger partial charge in [0.2, 0.25) is 16.2 Å². The van der Waals surface area contributed by atoms with Crippen molar-refractivity contribution in [3.05, 3.63) is 34.8 Å². The molecule has 0 fully saturated rings. The first-order valence-electron chi connectivity index (χ1n) is 7.26. The molecule has 0 aliphatic carbocycles. The summed E-state index contributed by atoms with van der Waals surface area (Å²) in [6, 6.07) is 7.84. The van der Waals surface area contributed by atoms with Gasteiger partial charge in [-0.1, -0.05) is 42.2 Å². The Morgan fingerprint density at radius 2 is 2.21 bits per heavy atom. The fraction of sp³-hybridized carbons (Fsp3) is 0.286. The van der Waals surface area contributed by atoms with E-state index in [2.05, 4.69) is 31.0 Å². The van der Waals surface area contributed by atoms with E-state index in [-0.39, 0.29) is 11.7 Å². The van der Waals surface area contributed by atoms with E-state index in [1.165, 1.54) is 23.1 Å². The second kappa shape index (κ2) is 7.49. The fourth-order valence-electron chi connectivity index (χ4n) is 1.92. The number of nitrogens with zero attached hydrogens (tertiary/aromatic N) is 6. The molecule has 2 aromatic heterocycles. The second-order valence-electron chi connectivity index (χ2n) is 4.90. The van der Waals surface area contributed by atoms with Gasteiger partial charge in [0, 0.05) is 0 Å². The molecule has 0 saturated carbocycles. The predicted molar refractivity (Wildman–Crippen MR) is 92.5 cm³/mol. The van der Waals surface area contributed by atoms with E-state index < -0.39 is 0 Å². The van der Waals surface area contributed by atoms with Crippen molar-refractivity contribution in [1.29, 1.82) is 0 Å². The number of aryl methyl sites for hydroxylation is 2. The number of benzene rings is 1. The molecule has 8 nitrogen and oxygen atoms in total. The van der Waals surface area contributed by atoms with Crippen molar-refractivity contribution in [3.63, 3.8) is 0 Å². The molecule has 3 aromatic rings. The minimum atomic E-state index is -0.169. The summed E-state index contributed by atoms with van der Waals surface area (Å²) in [6.45, 7) is 3.99. The summed E-state index contributed by atoms with van der Waals surface area (Å²) >= 11 is 2.64. The molecule has 0 radical (unpaired) electrons. The van der Waals surface area contributed by atoms with E-state index in [0.29, 0.717) is 10.3 Å². The normalized spacial score (nSPS) is 10.8. The van der Waals surface area contributed by atoms with Crippen molar-refractivity contribution in [2.24, 2.45) is 0 Å². The maximum absolute atomic E-state index is 12.0. The molecule has 0 bridgehead atoms. The van der Waals surface area contributed by atoms with Crippen molar-refractivity contribution < 1.29 is 4.79 Å². The molecule has 2 heterocycles. The summed E-state index contributed by atoms with van der Waals surface area (Å²) in [5.74, 6) is 0.0188. The number of carbonyl (C=O) groups excluding carboxylic acids is 1. The van der Waals surface area contributed by atoms with Crippen LogP contribution >= 0.6 is 23.1 Å². The van der Waals surface area contributed by atoms with Crippen LogP contribution < -0.4 is 5.32 Å². The average molecular weight is 361 g/mol. The van der Waals surface area contributed by atoms with Crippen LogP contribution in [-0.4, -0.2) is 42.1 Å². The van der Waals surface area contributed by atoms with Gasteiger partial charge in [0.25, 0.3) is 0 Å². The van der Waals surface area contributed by atoms with Crippen molar-refractivity contribution in [1.82, 2.24) is 30.4 Å². The van der Waals surface area contributed by atoms with Gasteiger partial charge >= 0.3 is 0 Å². The lowest BCUT2D eigenvalue weighted by molar-refractivity contribution is -0.113. The smallest absolute Gasteiger partial charge is 0.236 e. The molecule has 0 saturated heterocycles. The largest absolute Gasteiger partial charge is 0.300 e. The van der Waals surface area contributed by atoms with Crippen LogP contribution in [0.5, 0.6) is 0 Å². The van der Waals surface area contributed by atoms with Gasteiger partial charge in [0.15, 0.2) is 0 Å². The third-order valence-corrected chi connectivity index (χ3v) is 4.94. The van der Waals surface area contributed by atoms with E-state index in [0.717, 1.165) is 22.7 Å². The zero-order chi connectivity index (χ0) is 16.9. The van der Waals surface area contributed by atoms with Gasteiger partial charge in [-0.2, -0.15) is 4.68 Å². The van der Waals surface area contributed by atoms with Gasteiger partial charge in [-0.15, -0.1) is 15.3 Å². The summed E-state index contributed by atoms with van der Waals surface area (Å²) in [6.07, 6.45) is 0.799. The zero-order valence-electron chi connectivity index (χ0n) is 13.1. The van der Waals surface area contributed by atoms with Gasteiger partial charge in [-0.05, 0) is 41.5 Å². The molecule has 1 N–H and O–H groups in total. The minimum absolute atomic E-state index is 0.169. The average Bonchev–Trinajstić information content (AvgIpc) is 3.21. The summed E-state index contributed by atoms with van der Waals surface area (Å²) in [5.41, 5.74) is 1.97. The number of nitrogens with one attached hydrogen (secondary N) is 1. The van der Waals surface area contributed by atoms with Crippen LogP contribution in [0.1, 0.15) is 17.5 Å². The lowest BCUT2D eigenvalue weighted by Gasteiger charge is -2.05. The Balaban J connectivity index is 1.63. The van der Waals surface area contributed by atoms with Gasteiger partial charge in [0.05, 0.1) is 11.4 Å². The molecular formula is C14H15N7OS2. The Bertz CT molecular complexity index is 845. The third-order valence-electron chi connectivity index (χ3n) is 3.04. The Morgan fingerprint density at radius 3 is 2.96 bits per heavy atom. The van der Waals surface area contributed by atoms with Crippen LogP contribution in [0.25, 0.3) is 5.69 Å². The first-order chi connectivity index (χ1) is 11.7. The van der Waals surface area contributed by atoms with Crippen molar-refractivity contribution >= 4 is 34.1 Å². The number of rotatable bonds is 6. The van der Waals surface area contributed by atoms with Crippen LogP contribution in [-0.2, 0) is 11.2 Å². The molecular weight excluding hydrogens is 346 g/mol. The van der Waals surface area contributed by atoms with Crippen molar-refractivity contribution in [2.75, 3.05) is 11.1 Å². The molecule has 1 amide bonds. The van der Waals surface area contributed by atoms with Crippen LogP contribution in [0.4, 0.5) is 5.13 Å². The Labute approximate surface area is 146 Å². The highest BCUT2D eigenvalue weighted by Gasteiger charge is 2.13. The van der Waals surface area contributed by atoms with E-state index in [4.69, 9.17) is 0 Å². The van der Waals surface area contributed by atoms with Gasteiger partial charge < -0.3 is 0 Å². The highest BCUT2D eigenvalue weighted by molar-refractivity contribution is 7.99. The number of anilines is 1. The van der Waals surface area contributed by atoms with Crippen LogP contribution in [0.15, 0.2) is 29.4 Å². The van der Waals surface area contributed by atoms with Crippen molar-refractivity contribution in [2.45, 2.75) is 25.4 Å². The molecule has 0 aliphatic heterocycles. The van der Waals surface area contributed by atoms with Gasteiger partial charge in [0.1, 0.15) is 5.01 Å². The molecule has 10 heteroatoms. The number of carbonyl (C=O) groups is 1. The van der Waals surface area contributed by atoms with Crippen molar-refractivity contribution in [3.8, 4) is 5.69 Å². The summed E-state index contributed by atoms with van der Waals surface area (Å²) in [5, 5.41) is 24.3. The summed E-state index contributed by atoms with van der Waals surface area (Å²) in [4.78, 5) is 12.0. The van der Waals surface area contributed by atoms with Crippen LogP contribution in [0, 0.1) is 6.92 Å². The van der Waals surface area contributed by atoms with E-state index in [9.17, 15) is 4.79 Å². The second-order valence-corrected chi connectivity index (χ2v) is 6.91. The third kappa shape index (κ3) is 3.95. The highest BCUT2D eigenvalue weighted by Crippen LogP contribution is 2.20. The molecule has 3 rings (SSSR count). The molecule has 124 valence electrons. The summed E-state index contributed by atoms with van der Waals surface area (Å²) < 4.78 is 1.62. The highest BCUT2D eigenvalue weighted by atomic mass is 32.2. The molecule has 0 atom stereocenters. The number of tetrazole rings is 1. The van der Waals surface area contributed by atoms with E-state index in [1.54, 1.807) is 4.68 Å². The SMILES string of the molecule is CCc1nnc(NC(=O)CSc2nnnn2-c2cccc(C)c2)s1. The molecule has 24 heavy (non-hydrogen) atoms. The maximum atomic E-state index is 12.0. The maximum Gasteiger partial charge on any atom is 0.236 e. The Kier molecular flexibility index (Phi) is 5.16. The molecule has 0 unspecified atom stereocenters. The Hall–Kier alpha value is -2.33. The standard InChI is InChI=1S/C14H15N7OS2/c1-3-12-16-17-13(24-12)15-11(22)8-23-14-18-19-20-21(14)10-6-4-5-9(2)7-10/h4-7H,3,8H2,1-2H3,(H,15,17,22). The molecule has 1 aromatic carbocycles. The fourth-order valence-corrected chi connectivity index (χ4v) is 3.31. The number of amides is 1. The lowest BCUT2D eigenvalue weighted by Crippen LogP contribution is -2.14. The number of thioether (sulfide) groups is 1. The number of hydrogen-bond donors (Lipinski definition) is 1. The lowest BCUT2D eigenvalue weighted by atomic mass is 10.2. The van der Waals surface area contributed by atoms with Crippen LogP contribution in [0.2, 0.25) is 0 Å². The van der Waals surface area contributed by atoms with E-state index >= 15 is 0 Å². The topological polar surface area (TPSA) is 98.5 Å². The first kappa shape index (κ1) is 16.5. The van der Waals surface area contributed by atoms with Crippen LogP contribution in [0.3, 0.4) is 0 Å². The minimum Gasteiger partial charge on any atom is -0.300 e. The van der Waals surface area contributed by atoms with Gasteiger partial charge in [-0.25, -0.2) is 0 Å². The number of aromatic nitrogens is 6. The van der Waals surface area contributed by atoms with E-state index in [1.807, 2.05) is 38.1 Å². The molecule has 0 aliphatic rings. The molecule has 0 spiro atoms. The Morgan fingerprint density at radius 1 is 1.33 bits per heavy atom. The quantitative estimate of drug-likeness (QED) is 0.671. The monoisotopic (exact) mass is 361 g/mol. The zero-order valence-corrected chi connectivity index (χ0v) is 14.8. The summed E-state index contributed by atoms with van der Waals surface area (Å²) in [7, 11) is 0. The van der Waals surface area contributed by atoms with Gasteiger partial charge in [-0.3, -0.25) is 10.1 Å². The first-order valence-corrected chi connectivity index (χ1v) is 9.06. The number of hydrogen-bond acceptors (Lipinski definition) is 8. The predicted octanol–water partition coefficient (Wildman–Crippen LogP) is 2.12.